The molecule has 0 spiro atoms. The monoisotopic (exact) mass is 280 g/mol. The standard InChI is InChI=1S/C17H12O4/c18-15-9-7-13(8-10-15)2-1-12-3-5-14(6-4-12)11-16(19)17(20)21/h3-10,18H,11H2,(H,20,21). The smallest absolute Gasteiger partial charge is 0.372 e. The molecule has 0 saturated carbocycles. The van der Waals surface area contributed by atoms with Crippen molar-refractivity contribution in [3.8, 4) is 17.6 Å². The van der Waals surface area contributed by atoms with Crippen LogP contribution in [0.1, 0.15) is 16.7 Å². The van der Waals surface area contributed by atoms with Crippen molar-refractivity contribution in [3.05, 3.63) is 65.2 Å². The molecule has 0 atom stereocenters. The van der Waals surface area contributed by atoms with Gasteiger partial charge in [-0.2, -0.15) is 0 Å². The minimum atomic E-state index is -1.42. The summed E-state index contributed by atoms with van der Waals surface area (Å²) in [7, 11) is 0. The van der Waals surface area contributed by atoms with E-state index >= 15 is 0 Å². The lowest BCUT2D eigenvalue weighted by atomic mass is 10.1. The summed E-state index contributed by atoms with van der Waals surface area (Å²) in [6.07, 6.45) is -0.124. The van der Waals surface area contributed by atoms with Gasteiger partial charge in [0.25, 0.3) is 0 Å². The number of phenolic OH excluding ortho intramolecular Hbond substituents is 1. The fourth-order valence-corrected chi connectivity index (χ4v) is 1.66. The van der Waals surface area contributed by atoms with E-state index in [1.54, 1.807) is 48.5 Å². The van der Waals surface area contributed by atoms with Crippen LogP contribution in [0.3, 0.4) is 0 Å². The molecule has 0 fully saturated rings. The topological polar surface area (TPSA) is 74.6 Å². The molecule has 0 bridgehead atoms. The van der Waals surface area contributed by atoms with E-state index in [9.17, 15) is 9.59 Å². The summed E-state index contributed by atoms with van der Waals surface area (Å²) in [5.74, 6) is 3.82. The molecule has 0 aliphatic carbocycles. The molecule has 0 aromatic heterocycles. The van der Waals surface area contributed by atoms with Gasteiger partial charge in [0, 0.05) is 17.5 Å². The number of aliphatic carboxylic acids is 1. The van der Waals surface area contributed by atoms with E-state index in [1.165, 1.54) is 0 Å². The quantitative estimate of drug-likeness (QED) is 0.666. The summed E-state index contributed by atoms with van der Waals surface area (Å²) in [4.78, 5) is 21.6. The first-order valence-electron chi connectivity index (χ1n) is 6.21. The van der Waals surface area contributed by atoms with Gasteiger partial charge in [0.2, 0.25) is 5.78 Å². The van der Waals surface area contributed by atoms with Crippen molar-refractivity contribution in [2.75, 3.05) is 0 Å². The van der Waals surface area contributed by atoms with Crippen molar-refractivity contribution in [2.24, 2.45) is 0 Å². The van der Waals surface area contributed by atoms with Crippen molar-refractivity contribution in [1.29, 1.82) is 0 Å². The molecule has 0 heterocycles. The Morgan fingerprint density at radius 1 is 0.857 bits per heavy atom. The lowest BCUT2D eigenvalue weighted by molar-refractivity contribution is -0.148. The number of carbonyl (C=O) groups excluding carboxylic acids is 1. The van der Waals surface area contributed by atoms with Crippen molar-refractivity contribution in [3.63, 3.8) is 0 Å². The number of rotatable bonds is 3. The van der Waals surface area contributed by atoms with Gasteiger partial charge < -0.3 is 10.2 Å². The SMILES string of the molecule is O=C(O)C(=O)Cc1ccc(C#Cc2ccc(O)cc2)cc1. The summed E-state index contributed by atoms with van der Waals surface area (Å²) < 4.78 is 0. The minimum absolute atomic E-state index is 0.124. The molecular formula is C17H12O4. The molecular weight excluding hydrogens is 268 g/mol. The maximum absolute atomic E-state index is 11.1. The zero-order chi connectivity index (χ0) is 15.2. The first-order chi connectivity index (χ1) is 10.0. The summed E-state index contributed by atoms with van der Waals surface area (Å²) in [5, 5.41) is 17.7. The van der Waals surface area contributed by atoms with Gasteiger partial charge in [-0.25, -0.2) is 4.79 Å². The van der Waals surface area contributed by atoms with Gasteiger partial charge in [0.15, 0.2) is 0 Å². The maximum Gasteiger partial charge on any atom is 0.372 e. The minimum Gasteiger partial charge on any atom is -0.508 e. The average Bonchev–Trinajstić information content (AvgIpc) is 2.48. The number of carboxylic acids is 1. The molecule has 0 aliphatic rings. The summed E-state index contributed by atoms with van der Waals surface area (Å²) in [5.41, 5.74) is 2.17. The highest BCUT2D eigenvalue weighted by atomic mass is 16.4. The number of Topliss-reactive ketones (excluding diaryl/α,β-unsaturated/α-hetero) is 1. The van der Waals surface area contributed by atoms with Crippen molar-refractivity contribution in [2.45, 2.75) is 6.42 Å². The van der Waals surface area contributed by atoms with E-state index < -0.39 is 11.8 Å². The lowest BCUT2D eigenvalue weighted by Gasteiger charge is -1.98. The normalized spacial score (nSPS) is 9.52. The van der Waals surface area contributed by atoms with Crippen LogP contribution in [0.2, 0.25) is 0 Å². The molecule has 21 heavy (non-hydrogen) atoms. The van der Waals surface area contributed by atoms with Crippen LogP contribution < -0.4 is 0 Å². The van der Waals surface area contributed by atoms with E-state index in [1.807, 2.05) is 0 Å². The Bertz CT molecular complexity index is 716. The molecule has 2 rings (SSSR count). The fraction of sp³-hybridized carbons (Fsp3) is 0.0588. The van der Waals surface area contributed by atoms with Gasteiger partial charge in [-0.3, -0.25) is 4.79 Å². The van der Waals surface area contributed by atoms with Gasteiger partial charge >= 0.3 is 5.97 Å². The second-order valence-electron chi connectivity index (χ2n) is 4.40. The van der Waals surface area contributed by atoms with Crippen LogP contribution in [0.5, 0.6) is 5.75 Å². The van der Waals surface area contributed by atoms with E-state index in [0.717, 1.165) is 11.1 Å². The molecule has 0 radical (unpaired) electrons. The zero-order valence-electron chi connectivity index (χ0n) is 11.0. The third kappa shape index (κ3) is 4.22. The second kappa shape index (κ2) is 6.40. The molecule has 0 unspecified atom stereocenters. The summed E-state index contributed by atoms with van der Waals surface area (Å²) >= 11 is 0. The molecule has 104 valence electrons. The maximum atomic E-state index is 11.1. The van der Waals surface area contributed by atoms with E-state index in [2.05, 4.69) is 11.8 Å². The highest BCUT2D eigenvalue weighted by Gasteiger charge is 2.11. The second-order valence-corrected chi connectivity index (χ2v) is 4.40. The average molecular weight is 280 g/mol. The van der Waals surface area contributed by atoms with Crippen LogP contribution in [0, 0.1) is 11.8 Å². The first-order valence-corrected chi connectivity index (χ1v) is 6.21. The fourth-order valence-electron chi connectivity index (χ4n) is 1.66. The summed E-state index contributed by atoms with van der Waals surface area (Å²) in [6.45, 7) is 0. The third-order valence-electron chi connectivity index (χ3n) is 2.78. The molecule has 2 aromatic carbocycles. The third-order valence-corrected chi connectivity index (χ3v) is 2.78. The van der Waals surface area contributed by atoms with Crippen LogP contribution in [-0.2, 0) is 16.0 Å². The number of phenols is 1. The van der Waals surface area contributed by atoms with Crippen LogP contribution in [0.4, 0.5) is 0 Å². The van der Waals surface area contributed by atoms with Crippen LogP contribution in [0.25, 0.3) is 0 Å². The molecule has 0 aliphatic heterocycles. The molecule has 4 nitrogen and oxygen atoms in total. The van der Waals surface area contributed by atoms with Crippen molar-refractivity contribution < 1.29 is 19.8 Å². The van der Waals surface area contributed by atoms with Crippen LogP contribution in [-0.4, -0.2) is 22.0 Å². The van der Waals surface area contributed by atoms with Crippen LogP contribution in [0.15, 0.2) is 48.5 Å². The Labute approximate surface area is 121 Å². The summed E-state index contributed by atoms with van der Waals surface area (Å²) in [6, 6.07) is 13.4. The largest absolute Gasteiger partial charge is 0.508 e. The highest BCUT2D eigenvalue weighted by molar-refractivity contribution is 6.33. The van der Waals surface area contributed by atoms with Gasteiger partial charge in [0.05, 0.1) is 0 Å². The first kappa shape index (κ1) is 14.4. The molecule has 0 saturated heterocycles. The van der Waals surface area contributed by atoms with Crippen molar-refractivity contribution in [1.82, 2.24) is 0 Å². The molecule has 2 N–H and O–H groups in total. The number of ketones is 1. The molecule has 2 aromatic rings. The Balaban J connectivity index is 2.08. The number of carboxylic acid groups (broad SMARTS) is 1. The van der Waals surface area contributed by atoms with E-state index in [-0.39, 0.29) is 12.2 Å². The van der Waals surface area contributed by atoms with Crippen molar-refractivity contribution >= 4 is 11.8 Å². The predicted octanol–water partition coefficient (Wildman–Crippen LogP) is 1.99. The Morgan fingerprint density at radius 2 is 1.33 bits per heavy atom. The Morgan fingerprint density at radius 3 is 1.81 bits per heavy atom. The number of hydrogen-bond donors (Lipinski definition) is 2. The lowest BCUT2D eigenvalue weighted by Crippen LogP contribution is -2.14. The Kier molecular flexibility index (Phi) is 4.37. The van der Waals surface area contributed by atoms with E-state index in [0.29, 0.717) is 5.56 Å². The Hall–Kier alpha value is -3.06. The molecule has 0 amide bonds. The van der Waals surface area contributed by atoms with Gasteiger partial charge in [-0.15, -0.1) is 0 Å². The predicted molar refractivity (Wildman–Crippen MR) is 76.9 cm³/mol. The zero-order valence-corrected chi connectivity index (χ0v) is 11.0. The number of hydrogen-bond acceptors (Lipinski definition) is 3. The van der Waals surface area contributed by atoms with Gasteiger partial charge in [0.1, 0.15) is 5.75 Å². The molecule has 4 heteroatoms. The number of carbonyl (C=O) groups is 2. The van der Waals surface area contributed by atoms with Gasteiger partial charge in [-0.05, 0) is 42.0 Å². The number of benzene rings is 2. The van der Waals surface area contributed by atoms with Gasteiger partial charge in [-0.1, -0.05) is 24.0 Å². The van der Waals surface area contributed by atoms with E-state index in [4.69, 9.17) is 10.2 Å². The highest BCUT2D eigenvalue weighted by Crippen LogP contribution is 2.09. The van der Waals surface area contributed by atoms with Crippen LogP contribution >= 0.6 is 0 Å². The number of aromatic hydroxyl groups is 1.